The average molecular weight is 490 g/mol. The first-order valence-corrected chi connectivity index (χ1v) is 11.6. The number of aryl methyl sites for hydroxylation is 1. The van der Waals surface area contributed by atoms with Crippen LogP contribution in [-0.2, 0) is 17.7 Å². The third kappa shape index (κ3) is 4.36. The van der Waals surface area contributed by atoms with Gasteiger partial charge in [0.2, 0.25) is 0 Å². The second-order valence-corrected chi connectivity index (χ2v) is 8.62. The molecule has 35 heavy (non-hydrogen) atoms. The molecule has 2 aromatic carbocycles. The van der Waals surface area contributed by atoms with E-state index < -0.39 is 6.10 Å². The summed E-state index contributed by atoms with van der Waals surface area (Å²) in [6, 6.07) is 13.7. The Morgan fingerprint density at radius 2 is 2.06 bits per heavy atom. The van der Waals surface area contributed by atoms with E-state index in [1.807, 2.05) is 58.0 Å². The van der Waals surface area contributed by atoms with Gasteiger partial charge >= 0.3 is 0 Å². The van der Waals surface area contributed by atoms with Crippen molar-refractivity contribution in [2.75, 3.05) is 14.2 Å². The van der Waals surface area contributed by atoms with E-state index in [0.717, 1.165) is 28.2 Å². The molecule has 0 amide bonds. The van der Waals surface area contributed by atoms with E-state index in [9.17, 15) is 0 Å². The molecular formula is C26H24ClN5O3. The average Bonchev–Trinajstić information content (AvgIpc) is 3.51. The summed E-state index contributed by atoms with van der Waals surface area (Å²) >= 11 is 6.45. The van der Waals surface area contributed by atoms with Crippen LogP contribution in [0.1, 0.15) is 41.1 Å². The second-order valence-electron chi connectivity index (χ2n) is 8.18. The van der Waals surface area contributed by atoms with E-state index in [1.54, 1.807) is 26.6 Å². The van der Waals surface area contributed by atoms with E-state index in [-0.39, 0.29) is 6.10 Å². The minimum absolute atomic E-state index is 0.331. The number of hydrogen-bond acceptors (Lipinski definition) is 6. The molecule has 0 fully saturated rings. The normalized spacial score (nSPS) is 16.6. The van der Waals surface area contributed by atoms with Crippen LogP contribution in [0.25, 0.3) is 5.69 Å². The standard InChI is InChI=1S/C26H24ClN5O3/c1-33-22-5-3-4-19(25(22)34-2)24-20-14-18(27)6-7-21(20)32-13-11-29-26(32)23(35-24)9-12-31-16-17(8-10-28)15-30-31/h3-7,11,13-16,23-24H,8-9,12H2,1-2H3/t23-,24-/m1/s1. The molecule has 4 aromatic rings. The number of methoxy groups -OCH3 is 2. The molecular weight excluding hydrogens is 466 g/mol. The predicted octanol–water partition coefficient (Wildman–Crippen LogP) is 5.06. The van der Waals surface area contributed by atoms with Crippen LogP contribution in [0.4, 0.5) is 0 Å². The summed E-state index contributed by atoms with van der Waals surface area (Å²) in [6.07, 6.45) is 7.45. The second kappa shape index (κ2) is 9.82. The van der Waals surface area contributed by atoms with Crippen LogP contribution in [0.15, 0.2) is 61.2 Å². The largest absolute Gasteiger partial charge is 0.493 e. The van der Waals surface area contributed by atoms with Crippen LogP contribution in [0.2, 0.25) is 5.02 Å². The fourth-order valence-electron chi connectivity index (χ4n) is 4.53. The lowest BCUT2D eigenvalue weighted by atomic mass is 9.98. The van der Waals surface area contributed by atoms with Gasteiger partial charge in [-0.3, -0.25) is 4.68 Å². The highest BCUT2D eigenvalue weighted by Crippen LogP contribution is 2.46. The molecule has 0 aliphatic carbocycles. The van der Waals surface area contributed by atoms with Crippen molar-refractivity contribution in [3.63, 3.8) is 0 Å². The highest BCUT2D eigenvalue weighted by molar-refractivity contribution is 6.30. The summed E-state index contributed by atoms with van der Waals surface area (Å²) in [5.74, 6) is 2.03. The van der Waals surface area contributed by atoms with E-state index in [1.165, 1.54) is 0 Å². The molecule has 0 spiro atoms. The number of halogens is 1. The zero-order valence-corrected chi connectivity index (χ0v) is 20.1. The number of benzene rings is 2. The van der Waals surface area contributed by atoms with Crippen molar-refractivity contribution in [1.82, 2.24) is 19.3 Å². The number of aromatic nitrogens is 4. The number of nitrogens with zero attached hydrogens (tertiary/aromatic N) is 5. The summed E-state index contributed by atoms with van der Waals surface area (Å²) in [7, 11) is 3.24. The molecule has 1 aliphatic heterocycles. The molecule has 0 saturated heterocycles. The lowest BCUT2D eigenvalue weighted by Crippen LogP contribution is -2.15. The molecule has 9 heteroatoms. The number of rotatable bonds is 7. The Labute approximate surface area is 208 Å². The van der Waals surface area contributed by atoms with Gasteiger partial charge in [0.25, 0.3) is 0 Å². The summed E-state index contributed by atoms with van der Waals surface area (Å²) in [5.41, 5.74) is 3.56. The molecule has 8 nitrogen and oxygen atoms in total. The maximum Gasteiger partial charge on any atom is 0.166 e. The van der Waals surface area contributed by atoms with Crippen LogP contribution < -0.4 is 9.47 Å². The molecule has 0 unspecified atom stereocenters. The zero-order chi connectivity index (χ0) is 24.4. The first-order chi connectivity index (χ1) is 17.1. The maximum absolute atomic E-state index is 8.96. The SMILES string of the molecule is COc1cccc([C@H]2O[C@H](CCn3cc(CC#N)cn3)c3nccn3-c3ccc(Cl)cc32)c1OC. The lowest BCUT2D eigenvalue weighted by Gasteiger charge is -2.25. The summed E-state index contributed by atoms with van der Waals surface area (Å²) in [5, 5.41) is 14.0. The third-order valence-corrected chi connectivity index (χ3v) is 6.33. The Bertz CT molecular complexity index is 1390. The van der Waals surface area contributed by atoms with Gasteiger partial charge in [-0.15, -0.1) is 0 Å². The number of para-hydroxylation sites is 1. The highest BCUT2D eigenvalue weighted by Gasteiger charge is 2.33. The molecule has 0 radical (unpaired) electrons. The molecule has 0 saturated carbocycles. The van der Waals surface area contributed by atoms with Gasteiger partial charge in [-0.05, 0) is 24.3 Å². The van der Waals surface area contributed by atoms with Crippen molar-refractivity contribution in [2.24, 2.45) is 0 Å². The number of ether oxygens (including phenoxy) is 3. The van der Waals surface area contributed by atoms with Crippen LogP contribution >= 0.6 is 11.6 Å². The fourth-order valence-corrected chi connectivity index (χ4v) is 4.71. The van der Waals surface area contributed by atoms with Crippen molar-refractivity contribution in [2.45, 2.75) is 31.6 Å². The maximum atomic E-state index is 8.96. The van der Waals surface area contributed by atoms with E-state index >= 15 is 0 Å². The van der Waals surface area contributed by atoms with E-state index in [4.69, 9.17) is 31.1 Å². The Kier molecular flexibility index (Phi) is 6.45. The third-order valence-electron chi connectivity index (χ3n) is 6.10. The van der Waals surface area contributed by atoms with Crippen LogP contribution in [-0.4, -0.2) is 33.6 Å². The minimum atomic E-state index is -0.479. The van der Waals surface area contributed by atoms with Gasteiger partial charge in [-0.25, -0.2) is 4.98 Å². The monoisotopic (exact) mass is 489 g/mol. The molecule has 178 valence electrons. The van der Waals surface area contributed by atoms with Crippen molar-refractivity contribution in [3.8, 4) is 23.3 Å². The first-order valence-electron chi connectivity index (χ1n) is 11.2. The molecule has 5 rings (SSSR count). The Morgan fingerprint density at radius 3 is 2.86 bits per heavy atom. The van der Waals surface area contributed by atoms with Gasteiger partial charge in [0.1, 0.15) is 18.0 Å². The Hall–Kier alpha value is -3.80. The van der Waals surface area contributed by atoms with Crippen molar-refractivity contribution < 1.29 is 14.2 Å². The van der Waals surface area contributed by atoms with E-state index in [0.29, 0.717) is 35.9 Å². The smallest absolute Gasteiger partial charge is 0.166 e. The highest BCUT2D eigenvalue weighted by atomic mass is 35.5. The molecule has 3 heterocycles. The van der Waals surface area contributed by atoms with Crippen LogP contribution in [0.5, 0.6) is 11.5 Å². The first kappa shape index (κ1) is 23.0. The summed E-state index contributed by atoms with van der Waals surface area (Å²) < 4.78 is 22.0. The van der Waals surface area contributed by atoms with Crippen LogP contribution in [0.3, 0.4) is 0 Å². The molecule has 2 atom stereocenters. The lowest BCUT2D eigenvalue weighted by molar-refractivity contribution is -0.00408. The zero-order valence-electron chi connectivity index (χ0n) is 19.4. The van der Waals surface area contributed by atoms with E-state index in [2.05, 4.69) is 16.2 Å². The Morgan fingerprint density at radius 1 is 1.17 bits per heavy atom. The van der Waals surface area contributed by atoms with Gasteiger partial charge in [0.15, 0.2) is 11.5 Å². The molecule has 1 aliphatic rings. The van der Waals surface area contributed by atoms with Gasteiger partial charge in [-0.2, -0.15) is 10.4 Å². The van der Waals surface area contributed by atoms with Gasteiger partial charge in [-0.1, -0.05) is 23.7 Å². The van der Waals surface area contributed by atoms with Gasteiger partial charge in [0, 0.05) is 53.3 Å². The number of hydrogen-bond donors (Lipinski definition) is 0. The quantitative estimate of drug-likeness (QED) is 0.361. The number of nitriles is 1. The minimum Gasteiger partial charge on any atom is -0.493 e. The summed E-state index contributed by atoms with van der Waals surface area (Å²) in [6.45, 7) is 0.599. The molecule has 0 bridgehead atoms. The van der Waals surface area contributed by atoms with Crippen LogP contribution in [0, 0.1) is 11.3 Å². The van der Waals surface area contributed by atoms with Crippen molar-refractivity contribution in [3.05, 3.63) is 88.7 Å². The van der Waals surface area contributed by atoms with Gasteiger partial charge in [0.05, 0.1) is 38.6 Å². The van der Waals surface area contributed by atoms with Crippen molar-refractivity contribution >= 4 is 11.6 Å². The van der Waals surface area contributed by atoms with Crippen molar-refractivity contribution in [1.29, 1.82) is 5.26 Å². The number of imidazole rings is 1. The molecule has 0 N–H and O–H groups in total. The number of fused-ring (bicyclic) bond motifs is 3. The molecule has 2 aromatic heterocycles. The predicted molar refractivity (Wildman–Crippen MR) is 130 cm³/mol. The van der Waals surface area contributed by atoms with Gasteiger partial charge < -0.3 is 18.8 Å². The Balaban J connectivity index is 1.58. The topological polar surface area (TPSA) is 87.1 Å². The summed E-state index contributed by atoms with van der Waals surface area (Å²) in [4.78, 5) is 4.65. The fraction of sp³-hybridized carbons (Fsp3) is 0.269.